The summed E-state index contributed by atoms with van der Waals surface area (Å²) in [5.74, 6) is -0.310. The van der Waals surface area contributed by atoms with Crippen molar-refractivity contribution in [1.82, 2.24) is 0 Å². The fraction of sp³-hybridized carbons (Fsp3) is 0. The van der Waals surface area contributed by atoms with Crippen LogP contribution >= 0.6 is 23.8 Å². The Labute approximate surface area is 136 Å². The number of benzene rings is 1. The lowest BCUT2D eigenvalue weighted by Gasteiger charge is -2.02. The first kappa shape index (κ1) is 15.8. The van der Waals surface area contributed by atoms with E-state index in [1.54, 1.807) is 18.2 Å². The highest BCUT2D eigenvalue weighted by atomic mass is 35.5. The minimum absolute atomic E-state index is 0.0199. The molecule has 0 bridgehead atoms. The topological polar surface area (TPSA) is 100 Å². The van der Waals surface area contributed by atoms with Crippen molar-refractivity contribution in [3.8, 4) is 17.4 Å². The zero-order valence-corrected chi connectivity index (χ0v) is 12.6. The van der Waals surface area contributed by atoms with E-state index in [0.29, 0.717) is 17.1 Å². The first-order valence-electron chi connectivity index (χ1n) is 5.97. The molecule has 22 heavy (non-hydrogen) atoms. The SMILES string of the molecule is N#C/C(=C\c1ccc(-c2ccc(Cl)c(C(=O)O)c2)o1)C(N)=S. The summed E-state index contributed by atoms with van der Waals surface area (Å²) in [5.41, 5.74) is 6.06. The van der Waals surface area contributed by atoms with Gasteiger partial charge in [0.05, 0.1) is 16.2 Å². The Hall–Kier alpha value is -2.62. The number of furan rings is 1. The zero-order chi connectivity index (χ0) is 16.3. The number of thiocarbonyl (C=S) groups is 1. The van der Waals surface area contributed by atoms with Crippen LogP contribution in [0, 0.1) is 11.3 Å². The Morgan fingerprint density at radius 3 is 2.73 bits per heavy atom. The van der Waals surface area contributed by atoms with Crippen molar-refractivity contribution < 1.29 is 14.3 Å². The normalized spacial score (nSPS) is 11.0. The van der Waals surface area contributed by atoms with Crippen LogP contribution in [0.25, 0.3) is 17.4 Å². The first-order chi connectivity index (χ1) is 10.4. The van der Waals surface area contributed by atoms with Gasteiger partial charge in [0.15, 0.2) is 0 Å². The summed E-state index contributed by atoms with van der Waals surface area (Å²) in [6.45, 7) is 0. The fourth-order valence-electron chi connectivity index (χ4n) is 1.73. The van der Waals surface area contributed by atoms with Crippen LogP contribution in [0.15, 0.2) is 40.3 Å². The number of aromatic carboxylic acids is 1. The predicted molar refractivity (Wildman–Crippen MR) is 86.5 cm³/mol. The molecule has 0 saturated heterocycles. The number of nitrogens with two attached hydrogens (primary N) is 1. The lowest BCUT2D eigenvalue weighted by atomic mass is 10.1. The van der Waals surface area contributed by atoms with Gasteiger partial charge in [0.2, 0.25) is 0 Å². The summed E-state index contributed by atoms with van der Waals surface area (Å²) in [5, 5.41) is 18.1. The number of nitriles is 1. The minimum atomic E-state index is -1.13. The van der Waals surface area contributed by atoms with E-state index in [9.17, 15) is 4.79 Å². The molecule has 0 radical (unpaired) electrons. The molecule has 0 saturated carbocycles. The molecular formula is C15H9ClN2O3S. The van der Waals surface area contributed by atoms with Crippen LogP contribution in [0.2, 0.25) is 5.02 Å². The van der Waals surface area contributed by atoms with Gasteiger partial charge in [-0.2, -0.15) is 5.26 Å². The van der Waals surface area contributed by atoms with E-state index in [4.69, 9.17) is 44.3 Å². The third-order valence-electron chi connectivity index (χ3n) is 2.78. The lowest BCUT2D eigenvalue weighted by Crippen LogP contribution is -2.09. The van der Waals surface area contributed by atoms with Gasteiger partial charge in [0.25, 0.3) is 0 Å². The average molecular weight is 333 g/mol. The summed E-state index contributed by atoms with van der Waals surface area (Å²) in [7, 11) is 0. The first-order valence-corrected chi connectivity index (χ1v) is 6.75. The number of carboxylic acids is 1. The molecule has 0 atom stereocenters. The minimum Gasteiger partial charge on any atom is -0.478 e. The van der Waals surface area contributed by atoms with Crippen LogP contribution in [0.4, 0.5) is 0 Å². The summed E-state index contributed by atoms with van der Waals surface area (Å²) < 4.78 is 5.55. The number of carbonyl (C=O) groups is 1. The largest absolute Gasteiger partial charge is 0.478 e. The van der Waals surface area contributed by atoms with Gasteiger partial charge in [0.1, 0.15) is 22.6 Å². The van der Waals surface area contributed by atoms with E-state index >= 15 is 0 Å². The summed E-state index contributed by atoms with van der Waals surface area (Å²) in [4.78, 5) is 11.1. The molecule has 1 aromatic heterocycles. The van der Waals surface area contributed by atoms with Crippen LogP contribution in [0.5, 0.6) is 0 Å². The number of hydrogen-bond acceptors (Lipinski definition) is 4. The van der Waals surface area contributed by atoms with Gasteiger partial charge in [-0.25, -0.2) is 4.79 Å². The van der Waals surface area contributed by atoms with Crippen molar-refractivity contribution in [1.29, 1.82) is 5.26 Å². The fourth-order valence-corrected chi connectivity index (χ4v) is 2.03. The summed E-state index contributed by atoms with van der Waals surface area (Å²) in [6, 6.07) is 9.67. The van der Waals surface area contributed by atoms with Crippen LogP contribution in [-0.2, 0) is 0 Å². The second-order valence-electron chi connectivity index (χ2n) is 4.24. The van der Waals surface area contributed by atoms with Crippen molar-refractivity contribution in [2.24, 2.45) is 5.73 Å². The molecule has 0 fully saturated rings. The Morgan fingerprint density at radius 1 is 1.41 bits per heavy atom. The lowest BCUT2D eigenvalue weighted by molar-refractivity contribution is 0.0697. The molecule has 1 heterocycles. The van der Waals surface area contributed by atoms with Gasteiger partial charge < -0.3 is 15.3 Å². The van der Waals surface area contributed by atoms with Gasteiger partial charge in [-0.05, 0) is 30.3 Å². The highest BCUT2D eigenvalue weighted by Gasteiger charge is 2.12. The molecule has 0 amide bonds. The Morgan fingerprint density at radius 2 is 2.14 bits per heavy atom. The molecule has 7 heteroatoms. The van der Waals surface area contributed by atoms with E-state index in [2.05, 4.69) is 0 Å². The van der Waals surface area contributed by atoms with Gasteiger partial charge in [-0.1, -0.05) is 23.8 Å². The van der Waals surface area contributed by atoms with Crippen molar-refractivity contribution in [3.05, 3.63) is 52.3 Å². The molecule has 110 valence electrons. The van der Waals surface area contributed by atoms with Crippen molar-refractivity contribution in [2.45, 2.75) is 0 Å². The Kier molecular flexibility index (Phi) is 4.61. The van der Waals surface area contributed by atoms with Crippen molar-refractivity contribution >= 4 is 40.9 Å². The standard InChI is InChI=1S/C15H9ClN2O3S/c16-12-3-1-8(6-11(12)15(19)20)13-4-2-10(21-13)5-9(7-17)14(18)22/h1-6H,(H2,18,22)(H,19,20)/b9-5+. The molecule has 0 spiro atoms. The van der Waals surface area contributed by atoms with Crippen LogP contribution in [0.3, 0.4) is 0 Å². The molecular weight excluding hydrogens is 324 g/mol. The molecule has 0 aliphatic carbocycles. The molecule has 0 aliphatic rings. The van der Waals surface area contributed by atoms with Gasteiger partial charge in [-0.3, -0.25) is 0 Å². The van der Waals surface area contributed by atoms with E-state index in [-0.39, 0.29) is 21.1 Å². The van der Waals surface area contributed by atoms with Gasteiger partial charge >= 0.3 is 5.97 Å². The monoisotopic (exact) mass is 332 g/mol. The quantitative estimate of drug-likeness (QED) is 0.505. The average Bonchev–Trinajstić information content (AvgIpc) is 2.93. The Balaban J connectivity index is 2.41. The molecule has 2 rings (SSSR count). The Bertz CT molecular complexity index is 834. The van der Waals surface area contributed by atoms with E-state index in [1.807, 2.05) is 6.07 Å². The highest BCUT2D eigenvalue weighted by Crippen LogP contribution is 2.27. The maximum atomic E-state index is 11.1. The van der Waals surface area contributed by atoms with E-state index in [1.165, 1.54) is 18.2 Å². The number of nitrogens with zero attached hydrogens (tertiary/aromatic N) is 1. The molecule has 5 nitrogen and oxygen atoms in total. The van der Waals surface area contributed by atoms with Crippen LogP contribution in [0.1, 0.15) is 16.1 Å². The molecule has 1 aromatic carbocycles. The van der Waals surface area contributed by atoms with Gasteiger partial charge in [0, 0.05) is 11.6 Å². The third kappa shape index (κ3) is 3.34. The van der Waals surface area contributed by atoms with Crippen LogP contribution < -0.4 is 5.73 Å². The van der Waals surface area contributed by atoms with Gasteiger partial charge in [-0.15, -0.1) is 0 Å². The highest BCUT2D eigenvalue weighted by molar-refractivity contribution is 7.80. The summed E-state index contributed by atoms with van der Waals surface area (Å²) in [6.07, 6.45) is 1.42. The maximum Gasteiger partial charge on any atom is 0.337 e. The number of halogens is 1. The van der Waals surface area contributed by atoms with E-state index in [0.717, 1.165) is 0 Å². The second kappa shape index (κ2) is 6.43. The second-order valence-corrected chi connectivity index (χ2v) is 5.08. The number of hydrogen-bond donors (Lipinski definition) is 2. The molecule has 0 aliphatic heterocycles. The smallest absolute Gasteiger partial charge is 0.337 e. The van der Waals surface area contributed by atoms with Crippen molar-refractivity contribution in [3.63, 3.8) is 0 Å². The van der Waals surface area contributed by atoms with E-state index < -0.39 is 5.97 Å². The van der Waals surface area contributed by atoms with Crippen molar-refractivity contribution in [2.75, 3.05) is 0 Å². The van der Waals surface area contributed by atoms with Crippen LogP contribution in [-0.4, -0.2) is 16.1 Å². The maximum absolute atomic E-state index is 11.1. The molecule has 2 aromatic rings. The number of rotatable bonds is 4. The summed E-state index contributed by atoms with van der Waals surface area (Å²) >= 11 is 10.6. The molecule has 3 N–H and O–H groups in total. The predicted octanol–water partition coefficient (Wildman–Crippen LogP) is 3.49. The third-order valence-corrected chi connectivity index (χ3v) is 3.33. The number of carboxylic acid groups (broad SMARTS) is 1. The molecule has 0 unspecified atom stereocenters. The zero-order valence-electron chi connectivity index (χ0n) is 11.0.